The van der Waals surface area contributed by atoms with Gasteiger partial charge in [0.2, 0.25) is 5.91 Å². The van der Waals surface area contributed by atoms with Crippen LogP contribution < -0.4 is 15.8 Å². The van der Waals surface area contributed by atoms with Gasteiger partial charge in [-0.15, -0.1) is 0 Å². The Bertz CT molecular complexity index is 626. The van der Waals surface area contributed by atoms with E-state index in [0.717, 1.165) is 16.9 Å². The Morgan fingerprint density at radius 2 is 2.00 bits per heavy atom. The first-order valence-corrected chi connectivity index (χ1v) is 6.87. The van der Waals surface area contributed by atoms with Crippen molar-refractivity contribution < 1.29 is 9.53 Å². The van der Waals surface area contributed by atoms with Gasteiger partial charge < -0.3 is 15.8 Å². The minimum atomic E-state index is -0.247. The lowest BCUT2D eigenvalue weighted by atomic mass is 10.00. The van der Waals surface area contributed by atoms with Crippen LogP contribution in [0.25, 0.3) is 0 Å². The average Bonchev–Trinajstić information content (AvgIpc) is 2.52. The fourth-order valence-corrected chi connectivity index (χ4v) is 2.16. The number of anilines is 1. The Kier molecular flexibility index (Phi) is 4.82. The zero-order valence-electron chi connectivity index (χ0n) is 12.3. The predicted molar refractivity (Wildman–Crippen MR) is 84.1 cm³/mol. The molecular formula is C17H20N2O2. The molecule has 1 unspecified atom stereocenters. The largest absolute Gasteiger partial charge is 0.496 e. The first-order chi connectivity index (χ1) is 10.1. The van der Waals surface area contributed by atoms with Crippen molar-refractivity contribution in [3.63, 3.8) is 0 Å². The molecule has 0 aliphatic carbocycles. The molecule has 0 bridgehead atoms. The zero-order chi connectivity index (χ0) is 15.2. The third-order valence-electron chi connectivity index (χ3n) is 3.45. The molecule has 0 fully saturated rings. The highest BCUT2D eigenvalue weighted by molar-refractivity contribution is 5.83. The number of amides is 1. The molecule has 4 heteroatoms. The van der Waals surface area contributed by atoms with Crippen LogP contribution in [0, 0.1) is 0 Å². The Hall–Kier alpha value is -2.49. The number of nitrogens with two attached hydrogens (primary N) is 1. The summed E-state index contributed by atoms with van der Waals surface area (Å²) in [5.41, 5.74) is 8.28. The molecule has 2 rings (SSSR count). The summed E-state index contributed by atoms with van der Waals surface area (Å²) in [6.07, 6.45) is 0. The van der Waals surface area contributed by atoms with Gasteiger partial charge in [0.15, 0.2) is 0 Å². The predicted octanol–water partition coefficient (Wildman–Crippen LogP) is 2.70. The van der Waals surface area contributed by atoms with Crippen molar-refractivity contribution in [3.05, 3.63) is 59.7 Å². The SMILES string of the molecule is COc1ccccc1CNC(=O)C(C)c1cccc(N)c1. The second kappa shape index (κ2) is 6.79. The van der Waals surface area contributed by atoms with E-state index < -0.39 is 0 Å². The zero-order valence-corrected chi connectivity index (χ0v) is 12.3. The molecule has 1 atom stereocenters. The fraction of sp³-hybridized carbons (Fsp3) is 0.235. The number of carbonyl (C=O) groups is 1. The van der Waals surface area contributed by atoms with Crippen molar-refractivity contribution in [1.29, 1.82) is 0 Å². The summed E-state index contributed by atoms with van der Waals surface area (Å²) in [6.45, 7) is 2.31. The second-order valence-electron chi connectivity index (χ2n) is 4.92. The summed E-state index contributed by atoms with van der Waals surface area (Å²) in [7, 11) is 1.62. The minimum absolute atomic E-state index is 0.0356. The highest BCUT2D eigenvalue weighted by Gasteiger charge is 2.15. The quantitative estimate of drug-likeness (QED) is 0.830. The Morgan fingerprint density at radius 3 is 2.71 bits per heavy atom. The number of methoxy groups -OCH3 is 1. The smallest absolute Gasteiger partial charge is 0.227 e. The van der Waals surface area contributed by atoms with Crippen LogP contribution in [-0.4, -0.2) is 13.0 Å². The first-order valence-electron chi connectivity index (χ1n) is 6.87. The van der Waals surface area contributed by atoms with E-state index in [4.69, 9.17) is 10.5 Å². The summed E-state index contributed by atoms with van der Waals surface area (Å²) in [5.74, 6) is 0.490. The molecule has 21 heavy (non-hydrogen) atoms. The van der Waals surface area contributed by atoms with Crippen LogP contribution in [0.4, 0.5) is 5.69 Å². The number of nitrogen functional groups attached to an aromatic ring is 1. The first kappa shape index (κ1) is 14.9. The molecule has 0 saturated carbocycles. The maximum Gasteiger partial charge on any atom is 0.227 e. The van der Waals surface area contributed by atoms with Gasteiger partial charge in [0.1, 0.15) is 5.75 Å². The van der Waals surface area contributed by atoms with Crippen molar-refractivity contribution >= 4 is 11.6 Å². The number of benzene rings is 2. The molecule has 0 aliphatic heterocycles. The molecular weight excluding hydrogens is 264 g/mol. The standard InChI is InChI=1S/C17H20N2O2/c1-12(13-7-5-8-15(18)10-13)17(20)19-11-14-6-3-4-9-16(14)21-2/h3-10,12H,11,18H2,1-2H3,(H,19,20). The van der Waals surface area contributed by atoms with E-state index in [1.165, 1.54) is 0 Å². The van der Waals surface area contributed by atoms with E-state index in [1.54, 1.807) is 7.11 Å². The third-order valence-corrected chi connectivity index (χ3v) is 3.45. The molecule has 0 saturated heterocycles. The van der Waals surface area contributed by atoms with Crippen LogP contribution in [0.15, 0.2) is 48.5 Å². The van der Waals surface area contributed by atoms with Crippen LogP contribution in [0.1, 0.15) is 24.0 Å². The molecule has 2 aromatic carbocycles. The lowest BCUT2D eigenvalue weighted by Gasteiger charge is -2.14. The van der Waals surface area contributed by atoms with Gasteiger partial charge in [0.05, 0.1) is 13.0 Å². The fourth-order valence-electron chi connectivity index (χ4n) is 2.16. The van der Waals surface area contributed by atoms with Gasteiger partial charge in [0, 0.05) is 17.8 Å². The Balaban J connectivity index is 2.01. The summed E-state index contributed by atoms with van der Waals surface area (Å²) >= 11 is 0. The maximum atomic E-state index is 12.2. The number of para-hydroxylation sites is 1. The normalized spacial score (nSPS) is 11.7. The van der Waals surface area contributed by atoms with Crippen molar-refractivity contribution in [1.82, 2.24) is 5.32 Å². The van der Waals surface area contributed by atoms with E-state index in [9.17, 15) is 4.79 Å². The molecule has 0 spiro atoms. The van der Waals surface area contributed by atoms with E-state index in [0.29, 0.717) is 12.2 Å². The van der Waals surface area contributed by atoms with Crippen molar-refractivity contribution in [2.45, 2.75) is 19.4 Å². The third kappa shape index (κ3) is 3.75. The number of ether oxygens (including phenoxy) is 1. The van der Waals surface area contributed by atoms with Crippen LogP contribution in [0.2, 0.25) is 0 Å². The molecule has 4 nitrogen and oxygen atoms in total. The van der Waals surface area contributed by atoms with Gasteiger partial charge in [-0.2, -0.15) is 0 Å². The Morgan fingerprint density at radius 1 is 1.24 bits per heavy atom. The molecule has 0 aliphatic rings. The average molecular weight is 284 g/mol. The summed E-state index contributed by atoms with van der Waals surface area (Å²) < 4.78 is 5.27. The minimum Gasteiger partial charge on any atom is -0.496 e. The van der Waals surface area contributed by atoms with Gasteiger partial charge in [-0.1, -0.05) is 30.3 Å². The van der Waals surface area contributed by atoms with E-state index >= 15 is 0 Å². The second-order valence-corrected chi connectivity index (χ2v) is 4.92. The monoisotopic (exact) mass is 284 g/mol. The van der Waals surface area contributed by atoms with Crippen LogP contribution in [-0.2, 0) is 11.3 Å². The van der Waals surface area contributed by atoms with Gasteiger partial charge in [-0.3, -0.25) is 4.79 Å². The van der Waals surface area contributed by atoms with Crippen LogP contribution >= 0.6 is 0 Å². The summed E-state index contributed by atoms with van der Waals surface area (Å²) in [6, 6.07) is 15.0. The molecule has 1 amide bonds. The van der Waals surface area contributed by atoms with Crippen molar-refractivity contribution in [2.24, 2.45) is 0 Å². The number of hydrogen-bond acceptors (Lipinski definition) is 3. The molecule has 0 radical (unpaired) electrons. The maximum absolute atomic E-state index is 12.2. The topological polar surface area (TPSA) is 64.3 Å². The van der Waals surface area contributed by atoms with Crippen molar-refractivity contribution in [3.8, 4) is 5.75 Å². The molecule has 110 valence electrons. The molecule has 2 aromatic rings. The number of nitrogens with one attached hydrogen (secondary N) is 1. The van der Waals surface area contributed by atoms with Crippen LogP contribution in [0.3, 0.4) is 0 Å². The van der Waals surface area contributed by atoms with Gasteiger partial charge >= 0.3 is 0 Å². The molecule has 0 aromatic heterocycles. The molecule has 3 N–H and O–H groups in total. The highest BCUT2D eigenvalue weighted by Crippen LogP contribution is 2.20. The van der Waals surface area contributed by atoms with Gasteiger partial charge in [0.25, 0.3) is 0 Å². The molecule has 0 heterocycles. The van der Waals surface area contributed by atoms with E-state index in [1.807, 2.05) is 55.5 Å². The lowest BCUT2D eigenvalue weighted by Crippen LogP contribution is -2.27. The van der Waals surface area contributed by atoms with E-state index in [2.05, 4.69) is 5.32 Å². The number of carbonyl (C=O) groups excluding carboxylic acids is 1. The Labute approximate surface area is 124 Å². The van der Waals surface area contributed by atoms with Gasteiger partial charge in [-0.05, 0) is 30.7 Å². The number of hydrogen-bond donors (Lipinski definition) is 2. The highest BCUT2D eigenvalue weighted by atomic mass is 16.5. The summed E-state index contributed by atoms with van der Waals surface area (Å²) in [4.78, 5) is 12.2. The summed E-state index contributed by atoms with van der Waals surface area (Å²) in [5, 5.41) is 2.93. The lowest BCUT2D eigenvalue weighted by molar-refractivity contribution is -0.122. The van der Waals surface area contributed by atoms with Crippen LogP contribution in [0.5, 0.6) is 5.75 Å². The number of rotatable bonds is 5. The van der Waals surface area contributed by atoms with Crippen molar-refractivity contribution in [2.75, 3.05) is 12.8 Å². The van der Waals surface area contributed by atoms with Gasteiger partial charge in [-0.25, -0.2) is 0 Å². The van der Waals surface area contributed by atoms with E-state index in [-0.39, 0.29) is 11.8 Å².